The number of nitrogens with zero attached hydrogens (tertiary/aromatic N) is 2. The number of hydrogen-bond acceptors (Lipinski definition) is 4. The second-order valence-electron chi connectivity index (χ2n) is 5.38. The van der Waals surface area contributed by atoms with E-state index in [9.17, 15) is 9.18 Å². The summed E-state index contributed by atoms with van der Waals surface area (Å²) in [5.41, 5.74) is 1.08. The van der Waals surface area contributed by atoms with E-state index in [0.717, 1.165) is 5.52 Å². The number of fused-ring (bicyclic) bond motifs is 1. The van der Waals surface area contributed by atoms with Crippen molar-refractivity contribution in [1.82, 2.24) is 4.57 Å². The van der Waals surface area contributed by atoms with Gasteiger partial charge in [-0.1, -0.05) is 17.4 Å². The first-order chi connectivity index (χ1) is 12.6. The standard InChI is InChI=1S/C19H17FN2O3S/c1-4-9-22-15-7-5-12(20)10-17(15)26-19(22)21-18(23)14-11-13(24-2)6-8-16(14)25-3/h4-8,10-11H,1,9H2,2-3H3. The van der Waals surface area contributed by atoms with E-state index in [1.807, 2.05) is 4.57 Å². The van der Waals surface area contributed by atoms with E-state index in [0.29, 0.717) is 33.1 Å². The van der Waals surface area contributed by atoms with Crippen molar-refractivity contribution in [2.45, 2.75) is 6.54 Å². The van der Waals surface area contributed by atoms with Crippen molar-refractivity contribution in [3.05, 3.63) is 65.2 Å². The first-order valence-corrected chi connectivity index (χ1v) is 8.60. The molecule has 0 spiro atoms. The fourth-order valence-corrected chi connectivity index (χ4v) is 3.63. The predicted molar refractivity (Wildman–Crippen MR) is 99.4 cm³/mol. The highest BCUT2D eigenvalue weighted by Gasteiger charge is 2.14. The number of allylic oxidation sites excluding steroid dienone is 1. The molecule has 0 fully saturated rings. The van der Waals surface area contributed by atoms with Gasteiger partial charge in [-0.05, 0) is 36.4 Å². The van der Waals surface area contributed by atoms with Crippen molar-refractivity contribution in [3.63, 3.8) is 0 Å². The number of methoxy groups -OCH3 is 2. The van der Waals surface area contributed by atoms with Gasteiger partial charge in [0.05, 0.1) is 30.0 Å². The lowest BCUT2D eigenvalue weighted by Crippen LogP contribution is -2.16. The zero-order chi connectivity index (χ0) is 18.7. The Balaban J connectivity index is 2.16. The third-order valence-corrected chi connectivity index (χ3v) is 4.83. The van der Waals surface area contributed by atoms with Gasteiger partial charge in [0.15, 0.2) is 4.80 Å². The van der Waals surface area contributed by atoms with Crippen molar-refractivity contribution in [2.75, 3.05) is 14.2 Å². The molecule has 0 bridgehead atoms. The molecule has 3 rings (SSSR count). The molecule has 2 aromatic carbocycles. The molecule has 0 atom stereocenters. The topological polar surface area (TPSA) is 52.8 Å². The summed E-state index contributed by atoms with van der Waals surface area (Å²) in [6.45, 7) is 4.19. The molecule has 26 heavy (non-hydrogen) atoms. The minimum Gasteiger partial charge on any atom is -0.497 e. The van der Waals surface area contributed by atoms with Gasteiger partial charge in [0, 0.05) is 6.54 Å². The highest BCUT2D eigenvalue weighted by molar-refractivity contribution is 7.16. The molecule has 0 aliphatic carbocycles. The molecule has 0 saturated carbocycles. The highest BCUT2D eigenvalue weighted by atomic mass is 32.1. The molecule has 7 heteroatoms. The third-order valence-electron chi connectivity index (χ3n) is 3.79. The summed E-state index contributed by atoms with van der Waals surface area (Å²) in [6.07, 6.45) is 1.70. The summed E-state index contributed by atoms with van der Waals surface area (Å²) in [4.78, 5) is 17.4. The second kappa shape index (κ2) is 7.53. The predicted octanol–water partition coefficient (Wildman–Crippen LogP) is 3.79. The number of hydrogen-bond donors (Lipinski definition) is 0. The molecule has 5 nitrogen and oxygen atoms in total. The van der Waals surface area contributed by atoms with Gasteiger partial charge in [0.25, 0.3) is 5.91 Å². The van der Waals surface area contributed by atoms with Gasteiger partial charge >= 0.3 is 0 Å². The minimum absolute atomic E-state index is 0.292. The average molecular weight is 372 g/mol. The first kappa shape index (κ1) is 17.9. The number of amides is 1. The molecule has 0 aliphatic rings. The minimum atomic E-state index is -0.467. The Morgan fingerprint density at radius 2 is 2.08 bits per heavy atom. The van der Waals surface area contributed by atoms with E-state index in [4.69, 9.17) is 9.47 Å². The summed E-state index contributed by atoms with van der Waals surface area (Å²) in [7, 11) is 3.00. The Morgan fingerprint density at radius 3 is 2.77 bits per heavy atom. The number of halogens is 1. The van der Waals surface area contributed by atoms with Gasteiger partial charge in [-0.15, -0.1) is 6.58 Å². The van der Waals surface area contributed by atoms with Crippen LogP contribution in [0.25, 0.3) is 10.2 Å². The normalized spacial score (nSPS) is 11.6. The van der Waals surface area contributed by atoms with Crippen molar-refractivity contribution in [1.29, 1.82) is 0 Å². The van der Waals surface area contributed by atoms with Crippen LogP contribution < -0.4 is 14.3 Å². The van der Waals surface area contributed by atoms with Crippen LogP contribution in [0.15, 0.2) is 54.0 Å². The van der Waals surface area contributed by atoms with E-state index in [2.05, 4.69) is 11.6 Å². The molecule has 3 aromatic rings. The van der Waals surface area contributed by atoms with Crippen LogP contribution in [0, 0.1) is 5.82 Å². The molecule has 0 N–H and O–H groups in total. The van der Waals surface area contributed by atoms with Crippen LogP contribution in [-0.4, -0.2) is 24.7 Å². The summed E-state index contributed by atoms with van der Waals surface area (Å²) in [5, 5.41) is 0. The number of rotatable bonds is 5. The smallest absolute Gasteiger partial charge is 0.283 e. The van der Waals surface area contributed by atoms with Gasteiger partial charge in [-0.3, -0.25) is 4.79 Å². The highest BCUT2D eigenvalue weighted by Crippen LogP contribution is 2.25. The molecule has 0 saturated heterocycles. The van der Waals surface area contributed by atoms with Crippen LogP contribution in [0.2, 0.25) is 0 Å². The quantitative estimate of drug-likeness (QED) is 0.641. The zero-order valence-corrected chi connectivity index (χ0v) is 15.2. The molecule has 134 valence electrons. The molecule has 0 unspecified atom stereocenters. The number of thiazole rings is 1. The van der Waals surface area contributed by atoms with Gasteiger partial charge in [-0.25, -0.2) is 4.39 Å². The fourth-order valence-electron chi connectivity index (χ4n) is 2.57. The molecule has 0 radical (unpaired) electrons. The van der Waals surface area contributed by atoms with E-state index in [1.165, 1.54) is 37.7 Å². The van der Waals surface area contributed by atoms with Gasteiger partial charge in [0.1, 0.15) is 17.3 Å². The fraction of sp³-hybridized carbons (Fsp3) is 0.158. The first-order valence-electron chi connectivity index (χ1n) is 7.78. The average Bonchev–Trinajstić information content (AvgIpc) is 2.97. The van der Waals surface area contributed by atoms with Crippen LogP contribution in [-0.2, 0) is 6.54 Å². The Kier molecular flexibility index (Phi) is 5.18. The Hall–Kier alpha value is -2.93. The lowest BCUT2D eigenvalue weighted by atomic mass is 10.2. The lowest BCUT2D eigenvalue weighted by Gasteiger charge is -2.07. The van der Waals surface area contributed by atoms with Crippen LogP contribution >= 0.6 is 11.3 Å². The van der Waals surface area contributed by atoms with Crippen LogP contribution in [0.5, 0.6) is 11.5 Å². The van der Waals surface area contributed by atoms with Crippen molar-refractivity contribution in [2.24, 2.45) is 4.99 Å². The number of benzene rings is 2. The van der Waals surface area contributed by atoms with Crippen molar-refractivity contribution in [3.8, 4) is 11.5 Å². The van der Waals surface area contributed by atoms with Gasteiger partial charge in [-0.2, -0.15) is 4.99 Å². The van der Waals surface area contributed by atoms with Crippen LogP contribution in [0.3, 0.4) is 0 Å². The molecule has 0 aliphatic heterocycles. The molecular formula is C19H17FN2O3S. The number of ether oxygens (including phenoxy) is 2. The van der Waals surface area contributed by atoms with Crippen LogP contribution in [0.1, 0.15) is 10.4 Å². The number of carbonyl (C=O) groups excluding carboxylic acids is 1. The summed E-state index contributed by atoms with van der Waals surface area (Å²) < 4.78 is 26.5. The summed E-state index contributed by atoms with van der Waals surface area (Å²) >= 11 is 1.24. The Bertz CT molecular complexity index is 1050. The number of aromatic nitrogens is 1. The van der Waals surface area contributed by atoms with Gasteiger partial charge < -0.3 is 14.0 Å². The van der Waals surface area contributed by atoms with Crippen molar-refractivity contribution < 1.29 is 18.7 Å². The largest absolute Gasteiger partial charge is 0.497 e. The van der Waals surface area contributed by atoms with E-state index >= 15 is 0 Å². The summed E-state index contributed by atoms with van der Waals surface area (Å²) in [5.74, 6) is 0.131. The van der Waals surface area contributed by atoms with E-state index < -0.39 is 5.91 Å². The molecule has 1 amide bonds. The maximum Gasteiger partial charge on any atom is 0.283 e. The lowest BCUT2D eigenvalue weighted by molar-refractivity contribution is 0.0994. The SMILES string of the molecule is C=CCn1c(=NC(=O)c2cc(OC)ccc2OC)sc2cc(F)ccc21. The van der Waals surface area contributed by atoms with Gasteiger partial charge in [0.2, 0.25) is 0 Å². The maximum absolute atomic E-state index is 13.5. The van der Waals surface area contributed by atoms with E-state index in [1.54, 1.807) is 30.3 Å². The monoisotopic (exact) mass is 372 g/mol. The maximum atomic E-state index is 13.5. The molecular weight excluding hydrogens is 355 g/mol. The summed E-state index contributed by atoms with van der Waals surface area (Å²) in [6, 6.07) is 9.41. The molecule has 1 aromatic heterocycles. The molecule has 1 heterocycles. The Morgan fingerprint density at radius 1 is 1.27 bits per heavy atom. The van der Waals surface area contributed by atoms with Crippen LogP contribution in [0.4, 0.5) is 4.39 Å². The third kappa shape index (κ3) is 3.39. The van der Waals surface area contributed by atoms with Crippen molar-refractivity contribution >= 4 is 27.5 Å². The zero-order valence-electron chi connectivity index (χ0n) is 14.4. The Labute approximate surface area is 153 Å². The number of carbonyl (C=O) groups is 1. The van der Waals surface area contributed by atoms with E-state index in [-0.39, 0.29) is 5.82 Å². The second-order valence-corrected chi connectivity index (χ2v) is 6.39.